The van der Waals surface area contributed by atoms with Crippen LogP contribution in [0, 0.1) is 8.57 Å². The fourth-order valence-electron chi connectivity index (χ4n) is 1.52. The van der Waals surface area contributed by atoms with Gasteiger partial charge in [0.25, 0.3) is 0 Å². The van der Waals surface area contributed by atoms with Crippen molar-refractivity contribution in [2.24, 2.45) is 5.41 Å². The van der Waals surface area contributed by atoms with Gasteiger partial charge in [-0.15, -0.1) is 0 Å². The molecule has 14 heavy (non-hydrogen) atoms. The SMILES string of the molecule is CC(C)(C)C1=c2ncccc2=IC=C1. The van der Waals surface area contributed by atoms with Gasteiger partial charge < -0.3 is 0 Å². The van der Waals surface area contributed by atoms with Crippen molar-refractivity contribution in [1.29, 1.82) is 0 Å². The van der Waals surface area contributed by atoms with Crippen molar-refractivity contribution in [3.8, 4) is 0 Å². The molecule has 0 radical (unpaired) electrons. The molecule has 2 heterocycles. The minimum absolute atomic E-state index is 0.0556. The zero-order valence-electron chi connectivity index (χ0n) is 8.71. The molecular weight excluding hydrogens is 285 g/mol. The van der Waals surface area contributed by atoms with Crippen LogP contribution in [0.25, 0.3) is 5.57 Å². The lowest BCUT2D eigenvalue weighted by molar-refractivity contribution is 0.565. The standard InChI is InChI=1S/C12H14IN/c1-12(2,3)9-6-7-13-10-5-4-8-14-11(9)10/h4-8H,1-3H3. The summed E-state index contributed by atoms with van der Waals surface area (Å²) in [6.07, 6.45) is 4.16. The average molecular weight is 299 g/mol. The van der Waals surface area contributed by atoms with Crippen LogP contribution in [0.1, 0.15) is 20.8 Å². The van der Waals surface area contributed by atoms with Crippen molar-refractivity contribution in [3.05, 3.63) is 37.0 Å². The topological polar surface area (TPSA) is 12.9 Å². The highest BCUT2D eigenvalue weighted by Crippen LogP contribution is 2.29. The lowest BCUT2D eigenvalue weighted by Gasteiger charge is -2.20. The van der Waals surface area contributed by atoms with E-state index in [1.54, 1.807) is 0 Å². The molecule has 1 aromatic rings. The second-order valence-corrected chi connectivity index (χ2v) is 6.90. The smallest absolute Gasteiger partial charge is 0.0796 e. The molecule has 74 valence electrons. The number of halogens is 1. The molecule has 1 aromatic heterocycles. The van der Waals surface area contributed by atoms with Gasteiger partial charge in [0.15, 0.2) is 0 Å². The van der Waals surface area contributed by atoms with Gasteiger partial charge in [0.2, 0.25) is 0 Å². The number of aromatic nitrogens is 1. The normalized spacial score (nSPS) is 15.5. The van der Waals surface area contributed by atoms with Gasteiger partial charge in [0.1, 0.15) is 0 Å². The first-order chi connectivity index (χ1) is 6.59. The summed E-state index contributed by atoms with van der Waals surface area (Å²) in [6.45, 7) is 6.73. The molecule has 0 saturated heterocycles. The van der Waals surface area contributed by atoms with Crippen molar-refractivity contribution in [2.75, 3.05) is 0 Å². The maximum atomic E-state index is 4.51. The molecule has 0 unspecified atom stereocenters. The summed E-state index contributed by atoms with van der Waals surface area (Å²) >= 11 is 0.0556. The molecule has 2 heteroatoms. The highest BCUT2D eigenvalue weighted by molar-refractivity contribution is 14.2. The Balaban J connectivity index is 2.84. The number of nitrogens with zero attached hydrogens (tertiary/aromatic N) is 1. The van der Waals surface area contributed by atoms with E-state index in [4.69, 9.17) is 0 Å². The van der Waals surface area contributed by atoms with Gasteiger partial charge in [0, 0.05) is 9.35 Å². The van der Waals surface area contributed by atoms with Crippen molar-refractivity contribution < 1.29 is 0 Å². The van der Waals surface area contributed by atoms with E-state index < -0.39 is 0 Å². The third kappa shape index (κ3) is 1.80. The molecule has 1 nitrogen and oxygen atoms in total. The van der Waals surface area contributed by atoms with E-state index in [0.717, 1.165) is 0 Å². The summed E-state index contributed by atoms with van der Waals surface area (Å²) in [5.74, 6) is 0. The van der Waals surface area contributed by atoms with Crippen LogP contribution in [-0.2, 0) is 0 Å². The van der Waals surface area contributed by atoms with E-state index in [1.165, 1.54) is 14.1 Å². The van der Waals surface area contributed by atoms with Crippen LogP contribution in [0.2, 0.25) is 0 Å². The lowest BCUT2D eigenvalue weighted by atomic mass is 9.86. The van der Waals surface area contributed by atoms with E-state index in [1.807, 2.05) is 12.3 Å². The van der Waals surface area contributed by atoms with Crippen LogP contribution >= 0.6 is 20.7 Å². The first-order valence-electron chi connectivity index (χ1n) is 4.72. The van der Waals surface area contributed by atoms with Crippen LogP contribution in [0.3, 0.4) is 0 Å². The predicted molar refractivity (Wildman–Crippen MR) is 68.7 cm³/mol. The highest BCUT2D eigenvalue weighted by Gasteiger charge is 2.17. The van der Waals surface area contributed by atoms with Gasteiger partial charge >= 0.3 is 0 Å². The summed E-state index contributed by atoms with van der Waals surface area (Å²) in [7, 11) is 0. The zero-order valence-corrected chi connectivity index (χ0v) is 10.9. The van der Waals surface area contributed by atoms with Crippen LogP contribution in [-0.4, -0.2) is 4.98 Å². The molecule has 0 saturated carbocycles. The van der Waals surface area contributed by atoms with Crippen molar-refractivity contribution in [1.82, 2.24) is 4.98 Å². The molecule has 0 N–H and O–H groups in total. The summed E-state index contributed by atoms with van der Waals surface area (Å²) in [6, 6.07) is 4.25. The molecular formula is C12H14IN. The monoisotopic (exact) mass is 299 g/mol. The molecule has 1 aliphatic rings. The van der Waals surface area contributed by atoms with Crippen LogP contribution in [0.15, 0.2) is 28.5 Å². The van der Waals surface area contributed by atoms with Gasteiger partial charge in [-0.2, -0.15) is 0 Å². The van der Waals surface area contributed by atoms with E-state index in [9.17, 15) is 0 Å². The molecule has 2 rings (SSSR count). The maximum absolute atomic E-state index is 4.51. The highest BCUT2D eigenvalue weighted by atomic mass is 127. The predicted octanol–water partition coefficient (Wildman–Crippen LogP) is 3.03. The molecule has 0 amide bonds. The number of fused-ring (bicyclic) bond motifs is 1. The Labute approximate surface area is 94.3 Å². The van der Waals surface area contributed by atoms with Crippen LogP contribution in [0.5, 0.6) is 0 Å². The van der Waals surface area contributed by atoms with Crippen molar-refractivity contribution >= 4 is 26.3 Å². The van der Waals surface area contributed by atoms with Crippen LogP contribution < -0.4 is 5.35 Å². The Morgan fingerprint density at radius 2 is 2.07 bits per heavy atom. The number of hydrogen-bond donors (Lipinski definition) is 0. The molecule has 0 aromatic carbocycles. The fraction of sp³-hybridized carbons (Fsp3) is 0.333. The van der Waals surface area contributed by atoms with Crippen molar-refractivity contribution in [2.45, 2.75) is 20.8 Å². The molecule has 0 spiro atoms. The van der Waals surface area contributed by atoms with Crippen molar-refractivity contribution in [3.63, 3.8) is 0 Å². The summed E-state index contributed by atoms with van der Waals surface area (Å²) in [5.41, 5.74) is 1.57. The Kier molecular flexibility index (Phi) is 2.56. The second-order valence-electron chi connectivity index (χ2n) is 4.40. The number of rotatable bonds is 0. The number of hydrogen-bond acceptors (Lipinski definition) is 1. The molecule has 0 bridgehead atoms. The van der Waals surface area contributed by atoms with E-state index in [0.29, 0.717) is 0 Å². The van der Waals surface area contributed by atoms with Gasteiger partial charge in [-0.3, -0.25) is 4.98 Å². The summed E-state index contributed by atoms with van der Waals surface area (Å²) in [4.78, 5) is 4.51. The number of pyridine rings is 1. The Morgan fingerprint density at radius 1 is 1.29 bits per heavy atom. The zero-order chi connectivity index (χ0) is 10.2. The minimum atomic E-state index is 0.0556. The Bertz CT molecular complexity index is 492. The first kappa shape index (κ1) is 10.0. The molecule has 0 fully saturated rings. The van der Waals surface area contributed by atoms with Crippen LogP contribution in [0.4, 0.5) is 0 Å². The first-order valence-corrected chi connectivity index (χ1v) is 7.04. The van der Waals surface area contributed by atoms with E-state index >= 15 is 0 Å². The quantitative estimate of drug-likeness (QED) is 0.671. The molecule has 1 aliphatic heterocycles. The minimum Gasteiger partial charge on any atom is -0.255 e. The number of allylic oxidation sites excluding steroid dienone is 1. The Morgan fingerprint density at radius 3 is 2.79 bits per heavy atom. The summed E-state index contributed by atoms with van der Waals surface area (Å²) < 4.78 is 3.79. The summed E-state index contributed by atoms with van der Waals surface area (Å²) in [5, 5.41) is 1.23. The second kappa shape index (κ2) is 3.57. The average Bonchev–Trinajstić information content (AvgIpc) is 2.15. The third-order valence-electron chi connectivity index (χ3n) is 2.23. The van der Waals surface area contributed by atoms with Gasteiger partial charge in [0.05, 0.1) is 5.35 Å². The fourth-order valence-corrected chi connectivity index (χ4v) is 3.59. The lowest BCUT2D eigenvalue weighted by Crippen LogP contribution is -2.21. The molecule has 0 aliphatic carbocycles. The Hall–Kier alpha value is -0.510. The van der Waals surface area contributed by atoms with Gasteiger partial charge in [-0.05, 0) is 27.2 Å². The largest absolute Gasteiger partial charge is 0.255 e. The van der Waals surface area contributed by atoms with Gasteiger partial charge in [-0.1, -0.05) is 47.6 Å². The molecule has 0 atom stereocenters. The van der Waals surface area contributed by atoms with E-state index in [-0.39, 0.29) is 26.1 Å². The van der Waals surface area contributed by atoms with Gasteiger partial charge in [-0.25, -0.2) is 0 Å². The third-order valence-corrected chi connectivity index (χ3v) is 4.49. The van der Waals surface area contributed by atoms with E-state index in [2.05, 4.69) is 42.0 Å². The maximum Gasteiger partial charge on any atom is 0.0796 e.